The van der Waals surface area contributed by atoms with Crippen LogP contribution in [0.4, 0.5) is 4.39 Å². The maximum absolute atomic E-state index is 13.1. The van der Waals surface area contributed by atoms with E-state index in [1.54, 1.807) is 12.1 Å². The normalized spacial score (nSPS) is 18.1. The molecule has 1 aliphatic rings. The van der Waals surface area contributed by atoms with Crippen molar-refractivity contribution in [1.29, 1.82) is 0 Å². The zero-order valence-electron chi connectivity index (χ0n) is 12.8. The van der Waals surface area contributed by atoms with Gasteiger partial charge in [-0.15, -0.1) is 12.4 Å². The van der Waals surface area contributed by atoms with Gasteiger partial charge in [0.1, 0.15) is 5.82 Å². The van der Waals surface area contributed by atoms with Gasteiger partial charge in [0.25, 0.3) is 0 Å². The molecule has 1 unspecified atom stereocenters. The van der Waals surface area contributed by atoms with Crippen LogP contribution in [-0.4, -0.2) is 31.7 Å². The molecule has 22 heavy (non-hydrogen) atoms. The summed E-state index contributed by atoms with van der Waals surface area (Å²) in [7, 11) is 0. The van der Waals surface area contributed by atoms with Crippen molar-refractivity contribution >= 4 is 18.3 Å². The van der Waals surface area contributed by atoms with Crippen LogP contribution in [0.3, 0.4) is 0 Å². The number of hydrogen-bond donors (Lipinski definition) is 2. The van der Waals surface area contributed by atoms with Gasteiger partial charge in [0.2, 0.25) is 5.91 Å². The highest BCUT2D eigenvalue weighted by Gasteiger charge is 2.41. The topological polar surface area (TPSA) is 64.3 Å². The Kier molecular flexibility index (Phi) is 7.26. The Balaban J connectivity index is 0.00000242. The Morgan fingerprint density at radius 2 is 1.95 bits per heavy atom. The molecule has 1 fully saturated rings. The zero-order valence-corrected chi connectivity index (χ0v) is 13.6. The minimum absolute atomic E-state index is 0. The maximum atomic E-state index is 13.1. The van der Waals surface area contributed by atoms with Crippen molar-refractivity contribution in [3.05, 3.63) is 35.6 Å². The van der Waals surface area contributed by atoms with Gasteiger partial charge < -0.3 is 15.8 Å². The van der Waals surface area contributed by atoms with Crippen LogP contribution in [0.5, 0.6) is 0 Å². The first-order valence-corrected chi connectivity index (χ1v) is 7.42. The Bertz CT molecular complexity index is 474. The minimum Gasteiger partial charge on any atom is -0.381 e. The number of rotatable bonds is 5. The van der Waals surface area contributed by atoms with Gasteiger partial charge in [0.05, 0.1) is 5.41 Å². The van der Waals surface area contributed by atoms with Crippen LogP contribution in [0.15, 0.2) is 24.3 Å². The Labute approximate surface area is 137 Å². The number of amides is 1. The molecule has 1 heterocycles. The molecule has 0 aliphatic carbocycles. The zero-order chi connectivity index (χ0) is 15.3. The number of carbonyl (C=O) groups is 1. The predicted octanol–water partition coefficient (Wildman–Crippen LogP) is 2.15. The summed E-state index contributed by atoms with van der Waals surface area (Å²) in [6, 6.07) is 6.27. The number of carbonyl (C=O) groups excluding carboxylic acids is 1. The highest BCUT2D eigenvalue weighted by atomic mass is 35.5. The number of ether oxygens (including phenoxy) is 1. The largest absolute Gasteiger partial charge is 0.381 e. The molecule has 0 spiro atoms. The Morgan fingerprint density at radius 1 is 1.36 bits per heavy atom. The molecule has 124 valence electrons. The van der Waals surface area contributed by atoms with Gasteiger partial charge in [-0.2, -0.15) is 0 Å². The van der Waals surface area contributed by atoms with Crippen LogP contribution < -0.4 is 11.1 Å². The van der Waals surface area contributed by atoms with Gasteiger partial charge in [-0.05, 0) is 43.9 Å². The molecule has 1 saturated heterocycles. The SMILES string of the molecule is CC(N)CCNC(=O)C1(c2ccc(F)cc2)CCOCC1.Cl. The highest BCUT2D eigenvalue weighted by Crippen LogP contribution is 2.35. The number of benzene rings is 1. The van der Waals surface area contributed by atoms with E-state index in [1.807, 2.05) is 6.92 Å². The second-order valence-corrected chi connectivity index (χ2v) is 5.72. The quantitative estimate of drug-likeness (QED) is 0.869. The molecule has 1 aromatic carbocycles. The summed E-state index contributed by atoms with van der Waals surface area (Å²) in [5.41, 5.74) is 5.94. The van der Waals surface area contributed by atoms with E-state index in [0.717, 1.165) is 12.0 Å². The van der Waals surface area contributed by atoms with Gasteiger partial charge in [-0.1, -0.05) is 12.1 Å². The first-order chi connectivity index (χ1) is 10.0. The smallest absolute Gasteiger partial charge is 0.230 e. The third kappa shape index (κ3) is 4.41. The Morgan fingerprint density at radius 3 is 2.50 bits per heavy atom. The molecule has 2 rings (SSSR count). The van der Waals surface area contributed by atoms with Crippen molar-refractivity contribution in [3.8, 4) is 0 Å². The lowest BCUT2D eigenvalue weighted by atomic mass is 9.73. The predicted molar refractivity (Wildman–Crippen MR) is 86.7 cm³/mol. The Hall–Kier alpha value is -1.17. The number of hydrogen-bond acceptors (Lipinski definition) is 3. The van der Waals surface area contributed by atoms with Crippen LogP contribution in [0.2, 0.25) is 0 Å². The van der Waals surface area contributed by atoms with Gasteiger partial charge in [0, 0.05) is 25.8 Å². The third-order valence-electron chi connectivity index (χ3n) is 4.06. The van der Waals surface area contributed by atoms with Gasteiger partial charge >= 0.3 is 0 Å². The molecule has 0 radical (unpaired) electrons. The summed E-state index contributed by atoms with van der Waals surface area (Å²) >= 11 is 0. The number of nitrogens with two attached hydrogens (primary N) is 1. The molecule has 6 heteroatoms. The molecular formula is C16H24ClFN2O2. The molecular weight excluding hydrogens is 307 g/mol. The summed E-state index contributed by atoms with van der Waals surface area (Å²) in [6.45, 7) is 3.55. The van der Waals surface area contributed by atoms with Crippen molar-refractivity contribution in [1.82, 2.24) is 5.32 Å². The molecule has 4 nitrogen and oxygen atoms in total. The van der Waals surface area contributed by atoms with E-state index in [9.17, 15) is 9.18 Å². The van der Waals surface area contributed by atoms with Crippen LogP contribution in [0.1, 0.15) is 31.7 Å². The molecule has 0 saturated carbocycles. The molecule has 1 aromatic rings. The first-order valence-electron chi connectivity index (χ1n) is 7.42. The fraction of sp³-hybridized carbons (Fsp3) is 0.562. The van der Waals surface area contributed by atoms with E-state index in [4.69, 9.17) is 10.5 Å². The first kappa shape index (κ1) is 18.9. The van der Waals surface area contributed by atoms with Crippen LogP contribution in [0.25, 0.3) is 0 Å². The summed E-state index contributed by atoms with van der Waals surface area (Å²) in [4.78, 5) is 12.7. The molecule has 1 atom stereocenters. The number of halogens is 2. The van der Waals surface area contributed by atoms with Crippen LogP contribution in [-0.2, 0) is 14.9 Å². The van der Waals surface area contributed by atoms with E-state index in [2.05, 4.69) is 5.32 Å². The van der Waals surface area contributed by atoms with Crippen molar-refractivity contribution in [2.45, 2.75) is 37.6 Å². The van der Waals surface area contributed by atoms with E-state index < -0.39 is 5.41 Å². The highest BCUT2D eigenvalue weighted by molar-refractivity contribution is 5.88. The lowest BCUT2D eigenvalue weighted by Crippen LogP contribution is -2.48. The van der Waals surface area contributed by atoms with Crippen molar-refractivity contribution in [2.75, 3.05) is 19.8 Å². The lowest BCUT2D eigenvalue weighted by molar-refractivity contribution is -0.130. The fourth-order valence-corrected chi connectivity index (χ4v) is 2.72. The number of nitrogens with one attached hydrogen (secondary N) is 1. The van der Waals surface area contributed by atoms with Gasteiger partial charge in [0.15, 0.2) is 0 Å². The average molecular weight is 331 g/mol. The van der Waals surface area contributed by atoms with Crippen LogP contribution in [0, 0.1) is 5.82 Å². The minimum atomic E-state index is -0.621. The van der Waals surface area contributed by atoms with Crippen molar-refractivity contribution in [2.24, 2.45) is 5.73 Å². The standard InChI is InChI=1S/C16H23FN2O2.ClH/c1-12(18)6-9-19-15(20)16(7-10-21-11-8-16)13-2-4-14(17)5-3-13;/h2-5,12H,6-11,18H2,1H3,(H,19,20);1H. The van der Waals surface area contributed by atoms with E-state index in [-0.39, 0.29) is 30.2 Å². The maximum Gasteiger partial charge on any atom is 0.230 e. The van der Waals surface area contributed by atoms with Crippen LogP contribution >= 0.6 is 12.4 Å². The van der Waals surface area contributed by atoms with Crippen molar-refractivity contribution < 1.29 is 13.9 Å². The average Bonchev–Trinajstić information content (AvgIpc) is 2.48. The molecule has 0 bridgehead atoms. The molecule has 0 aromatic heterocycles. The second-order valence-electron chi connectivity index (χ2n) is 5.72. The van der Waals surface area contributed by atoms with Gasteiger partial charge in [-0.3, -0.25) is 4.79 Å². The summed E-state index contributed by atoms with van der Waals surface area (Å²) < 4.78 is 18.5. The summed E-state index contributed by atoms with van der Waals surface area (Å²) in [5, 5.41) is 2.97. The van der Waals surface area contributed by atoms with Gasteiger partial charge in [-0.25, -0.2) is 4.39 Å². The monoisotopic (exact) mass is 330 g/mol. The molecule has 1 aliphatic heterocycles. The molecule has 3 N–H and O–H groups in total. The third-order valence-corrected chi connectivity index (χ3v) is 4.06. The summed E-state index contributed by atoms with van der Waals surface area (Å²) in [5.74, 6) is -0.309. The summed E-state index contributed by atoms with van der Waals surface area (Å²) in [6.07, 6.45) is 1.97. The fourth-order valence-electron chi connectivity index (χ4n) is 2.72. The molecule has 1 amide bonds. The lowest BCUT2D eigenvalue weighted by Gasteiger charge is -2.36. The van der Waals surface area contributed by atoms with E-state index in [0.29, 0.717) is 32.6 Å². The second kappa shape index (κ2) is 8.46. The van der Waals surface area contributed by atoms with E-state index >= 15 is 0 Å². The van der Waals surface area contributed by atoms with Crippen molar-refractivity contribution in [3.63, 3.8) is 0 Å². The van der Waals surface area contributed by atoms with E-state index in [1.165, 1.54) is 12.1 Å².